The van der Waals surface area contributed by atoms with Gasteiger partial charge in [0.05, 0.1) is 12.0 Å². The summed E-state index contributed by atoms with van der Waals surface area (Å²) in [4.78, 5) is 11.9. The molecular formula is C16H21F2NO2. The number of hydrogen-bond donors (Lipinski definition) is 2. The van der Waals surface area contributed by atoms with E-state index in [0.29, 0.717) is 18.4 Å². The van der Waals surface area contributed by atoms with Gasteiger partial charge >= 0.3 is 0 Å². The molecule has 1 aliphatic rings. The van der Waals surface area contributed by atoms with Crippen molar-refractivity contribution >= 4 is 5.91 Å². The van der Waals surface area contributed by atoms with Crippen molar-refractivity contribution in [2.24, 2.45) is 0 Å². The van der Waals surface area contributed by atoms with Gasteiger partial charge in [0.2, 0.25) is 5.91 Å². The third-order valence-electron chi connectivity index (χ3n) is 4.12. The minimum atomic E-state index is -0.881. The van der Waals surface area contributed by atoms with Crippen molar-refractivity contribution in [3.8, 4) is 0 Å². The second kappa shape index (κ2) is 6.52. The van der Waals surface area contributed by atoms with Crippen molar-refractivity contribution < 1.29 is 18.7 Å². The molecule has 116 valence electrons. The van der Waals surface area contributed by atoms with E-state index in [1.54, 1.807) is 6.92 Å². The molecule has 2 rings (SSSR count). The predicted molar refractivity (Wildman–Crippen MR) is 75.8 cm³/mol. The number of halogens is 2. The van der Waals surface area contributed by atoms with Crippen LogP contribution in [0.1, 0.15) is 50.5 Å². The van der Waals surface area contributed by atoms with E-state index < -0.39 is 17.2 Å². The van der Waals surface area contributed by atoms with Crippen molar-refractivity contribution in [2.45, 2.75) is 50.5 Å². The molecule has 0 aliphatic heterocycles. The number of nitrogens with one attached hydrogen (secondary N) is 1. The van der Waals surface area contributed by atoms with Crippen LogP contribution in [-0.4, -0.2) is 23.2 Å². The molecular weight excluding hydrogens is 276 g/mol. The number of aliphatic hydroxyl groups is 1. The average molecular weight is 297 g/mol. The molecule has 3 nitrogen and oxygen atoms in total. The van der Waals surface area contributed by atoms with Crippen molar-refractivity contribution in [3.63, 3.8) is 0 Å². The highest BCUT2D eigenvalue weighted by Gasteiger charge is 2.33. The average Bonchev–Trinajstić information content (AvgIpc) is 2.82. The van der Waals surface area contributed by atoms with Crippen LogP contribution >= 0.6 is 0 Å². The van der Waals surface area contributed by atoms with E-state index in [1.807, 2.05) is 0 Å². The molecule has 0 saturated heterocycles. The van der Waals surface area contributed by atoms with Gasteiger partial charge < -0.3 is 10.4 Å². The zero-order valence-electron chi connectivity index (χ0n) is 12.2. The Kier molecular flexibility index (Phi) is 4.93. The van der Waals surface area contributed by atoms with E-state index in [2.05, 4.69) is 5.32 Å². The Hall–Kier alpha value is -1.49. The molecule has 21 heavy (non-hydrogen) atoms. The van der Waals surface area contributed by atoms with E-state index in [0.717, 1.165) is 18.9 Å². The van der Waals surface area contributed by atoms with Crippen LogP contribution in [0.3, 0.4) is 0 Å². The topological polar surface area (TPSA) is 49.3 Å². The molecule has 0 bridgehead atoms. The molecule has 1 amide bonds. The molecule has 1 aromatic rings. The Labute approximate surface area is 123 Å². The maximum atomic E-state index is 13.6. The zero-order chi connectivity index (χ0) is 15.5. The summed E-state index contributed by atoms with van der Waals surface area (Å²) in [5, 5.41) is 12.9. The summed E-state index contributed by atoms with van der Waals surface area (Å²) in [6, 6.07) is 3.44. The van der Waals surface area contributed by atoms with Gasteiger partial charge in [-0.25, -0.2) is 8.78 Å². The van der Waals surface area contributed by atoms with Gasteiger partial charge in [-0.1, -0.05) is 25.8 Å². The fourth-order valence-corrected chi connectivity index (χ4v) is 2.85. The quantitative estimate of drug-likeness (QED) is 0.878. The second-order valence-electron chi connectivity index (χ2n) is 5.98. The van der Waals surface area contributed by atoms with Crippen LogP contribution in [0.2, 0.25) is 0 Å². The van der Waals surface area contributed by atoms with Crippen LogP contribution < -0.4 is 5.32 Å². The monoisotopic (exact) mass is 297 g/mol. The summed E-state index contributed by atoms with van der Waals surface area (Å²) < 4.78 is 26.5. The van der Waals surface area contributed by atoms with Gasteiger partial charge in [0.15, 0.2) is 0 Å². The Morgan fingerprint density at radius 2 is 2.05 bits per heavy atom. The van der Waals surface area contributed by atoms with Crippen LogP contribution in [0.4, 0.5) is 8.78 Å². The van der Waals surface area contributed by atoms with Gasteiger partial charge in [0.25, 0.3) is 0 Å². The second-order valence-corrected chi connectivity index (χ2v) is 5.98. The lowest BCUT2D eigenvalue weighted by Gasteiger charge is -2.22. The normalized spacial score (nSPS) is 18.5. The molecule has 0 heterocycles. The Morgan fingerprint density at radius 1 is 1.38 bits per heavy atom. The van der Waals surface area contributed by atoms with Gasteiger partial charge in [-0.05, 0) is 24.5 Å². The van der Waals surface area contributed by atoms with Crippen LogP contribution in [0.15, 0.2) is 18.2 Å². The third-order valence-corrected chi connectivity index (χ3v) is 4.12. The van der Waals surface area contributed by atoms with Crippen LogP contribution in [-0.2, 0) is 4.79 Å². The summed E-state index contributed by atoms with van der Waals surface area (Å²) in [6.45, 7) is 2.03. The first-order valence-corrected chi connectivity index (χ1v) is 7.34. The molecule has 2 N–H and O–H groups in total. The largest absolute Gasteiger partial charge is 0.389 e. The Morgan fingerprint density at radius 3 is 2.67 bits per heavy atom. The Bertz CT molecular complexity index is 513. The minimum absolute atomic E-state index is 0.0889. The van der Waals surface area contributed by atoms with Crippen LogP contribution in [0.5, 0.6) is 0 Å². The van der Waals surface area contributed by atoms with Crippen molar-refractivity contribution in [1.29, 1.82) is 0 Å². The van der Waals surface area contributed by atoms with Crippen molar-refractivity contribution in [3.05, 3.63) is 35.4 Å². The highest BCUT2D eigenvalue weighted by atomic mass is 19.1. The summed E-state index contributed by atoms with van der Waals surface area (Å²) in [6.07, 6.45) is 3.29. The van der Waals surface area contributed by atoms with E-state index in [9.17, 15) is 18.7 Å². The number of amides is 1. The lowest BCUT2D eigenvalue weighted by Crippen LogP contribution is -2.36. The molecule has 5 heteroatoms. The lowest BCUT2D eigenvalue weighted by molar-refractivity contribution is -0.125. The molecule has 1 unspecified atom stereocenters. The minimum Gasteiger partial charge on any atom is -0.389 e. The number of hydrogen-bond acceptors (Lipinski definition) is 2. The molecule has 1 saturated carbocycles. The Balaban J connectivity index is 1.85. The molecule has 0 radical (unpaired) electrons. The number of benzene rings is 1. The summed E-state index contributed by atoms with van der Waals surface area (Å²) >= 11 is 0. The van der Waals surface area contributed by atoms with Crippen molar-refractivity contribution in [2.75, 3.05) is 6.54 Å². The standard InChI is InChI=1S/C16H21F2NO2/c1-11(13-5-4-12(17)8-14(13)18)10-19-15(20)9-16(21)6-2-3-7-16/h4-5,8,11,21H,2-3,6-7,9-10H2,1H3,(H,19,20). The van der Waals surface area contributed by atoms with Crippen molar-refractivity contribution in [1.82, 2.24) is 5.32 Å². The van der Waals surface area contributed by atoms with Gasteiger partial charge in [-0.15, -0.1) is 0 Å². The van der Waals surface area contributed by atoms with Gasteiger partial charge in [0, 0.05) is 18.5 Å². The molecule has 0 spiro atoms. The third kappa shape index (κ3) is 4.24. The summed E-state index contributed by atoms with van der Waals surface area (Å²) in [7, 11) is 0. The summed E-state index contributed by atoms with van der Waals surface area (Å²) in [5.41, 5.74) is -0.509. The highest BCUT2D eigenvalue weighted by molar-refractivity contribution is 5.77. The summed E-state index contributed by atoms with van der Waals surface area (Å²) in [5.74, 6) is -1.70. The van der Waals surface area contributed by atoms with E-state index in [1.165, 1.54) is 12.1 Å². The van der Waals surface area contributed by atoms with Crippen LogP contribution in [0, 0.1) is 11.6 Å². The molecule has 1 aliphatic carbocycles. The molecule has 1 aromatic carbocycles. The first-order valence-electron chi connectivity index (χ1n) is 7.34. The van der Waals surface area contributed by atoms with Crippen LogP contribution in [0.25, 0.3) is 0 Å². The fraction of sp³-hybridized carbons (Fsp3) is 0.562. The van der Waals surface area contributed by atoms with Gasteiger partial charge in [-0.3, -0.25) is 4.79 Å². The maximum Gasteiger partial charge on any atom is 0.222 e. The number of carbonyl (C=O) groups excluding carboxylic acids is 1. The SMILES string of the molecule is CC(CNC(=O)CC1(O)CCCC1)c1ccc(F)cc1F. The van der Waals surface area contributed by atoms with E-state index in [-0.39, 0.29) is 24.8 Å². The molecule has 1 atom stereocenters. The molecule has 0 aromatic heterocycles. The smallest absolute Gasteiger partial charge is 0.222 e. The predicted octanol–water partition coefficient (Wildman–Crippen LogP) is 2.88. The van der Waals surface area contributed by atoms with E-state index >= 15 is 0 Å². The fourth-order valence-electron chi connectivity index (χ4n) is 2.85. The zero-order valence-corrected chi connectivity index (χ0v) is 12.2. The number of rotatable bonds is 5. The maximum absolute atomic E-state index is 13.6. The lowest BCUT2D eigenvalue weighted by atomic mass is 9.97. The first kappa shape index (κ1) is 15.9. The highest BCUT2D eigenvalue weighted by Crippen LogP contribution is 2.32. The van der Waals surface area contributed by atoms with E-state index in [4.69, 9.17) is 0 Å². The van der Waals surface area contributed by atoms with Gasteiger partial charge in [0.1, 0.15) is 11.6 Å². The molecule has 1 fully saturated rings. The number of carbonyl (C=O) groups is 1. The first-order chi connectivity index (χ1) is 9.89. The van der Waals surface area contributed by atoms with Gasteiger partial charge in [-0.2, -0.15) is 0 Å².